The highest BCUT2D eigenvalue weighted by Crippen LogP contribution is 2.32. The van der Waals surface area contributed by atoms with Crippen LogP contribution in [0.5, 0.6) is 5.75 Å². The van der Waals surface area contributed by atoms with Crippen LogP contribution in [0.25, 0.3) is 0 Å². The van der Waals surface area contributed by atoms with Crippen molar-refractivity contribution in [2.45, 2.75) is 25.3 Å². The molecule has 1 aliphatic heterocycles. The molecule has 0 saturated carbocycles. The summed E-state index contributed by atoms with van der Waals surface area (Å²) in [6.07, 6.45) is 0.709. The number of rotatable bonds is 4. The van der Waals surface area contributed by atoms with Crippen molar-refractivity contribution in [1.29, 1.82) is 0 Å². The van der Waals surface area contributed by atoms with Gasteiger partial charge in [0.25, 0.3) is 0 Å². The van der Waals surface area contributed by atoms with Crippen molar-refractivity contribution in [3.63, 3.8) is 0 Å². The second-order valence-electron chi connectivity index (χ2n) is 4.08. The highest BCUT2D eigenvalue weighted by Gasteiger charge is 2.22. The fourth-order valence-corrected chi connectivity index (χ4v) is 1.97. The summed E-state index contributed by atoms with van der Waals surface area (Å²) in [5.41, 5.74) is 6.71. The van der Waals surface area contributed by atoms with E-state index in [2.05, 4.69) is 0 Å². The molecule has 0 aliphatic carbocycles. The lowest BCUT2D eigenvalue weighted by Crippen LogP contribution is -2.14. The Morgan fingerprint density at radius 1 is 1.59 bits per heavy atom. The van der Waals surface area contributed by atoms with E-state index in [-0.39, 0.29) is 18.7 Å². The minimum absolute atomic E-state index is 0.0613. The number of halogens is 1. The predicted molar refractivity (Wildman–Crippen MR) is 59.4 cm³/mol. The van der Waals surface area contributed by atoms with Crippen LogP contribution < -0.4 is 10.5 Å². The van der Waals surface area contributed by atoms with Crippen molar-refractivity contribution >= 4 is 5.97 Å². The van der Waals surface area contributed by atoms with Gasteiger partial charge in [0.05, 0.1) is 6.61 Å². The first-order valence-corrected chi connectivity index (χ1v) is 5.51. The summed E-state index contributed by atoms with van der Waals surface area (Å²) in [5, 5.41) is 8.56. The van der Waals surface area contributed by atoms with Crippen molar-refractivity contribution in [2.75, 3.05) is 6.61 Å². The van der Waals surface area contributed by atoms with Crippen LogP contribution in [-0.4, -0.2) is 17.7 Å². The Bertz CT molecular complexity index is 448. The lowest BCUT2D eigenvalue weighted by atomic mass is 9.99. The SMILES string of the molecule is NC(CCC(=O)O)c1ccc2c(c1F)CCO2. The lowest BCUT2D eigenvalue weighted by Gasteiger charge is -2.13. The molecule has 0 radical (unpaired) electrons. The molecular weight excluding hydrogens is 225 g/mol. The van der Waals surface area contributed by atoms with Crippen LogP contribution in [0.4, 0.5) is 4.39 Å². The molecule has 1 aromatic carbocycles. The molecule has 1 unspecified atom stereocenters. The molecule has 0 aromatic heterocycles. The minimum atomic E-state index is -0.926. The van der Waals surface area contributed by atoms with Crippen LogP contribution in [0, 0.1) is 5.82 Å². The van der Waals surface area contributed by atoms with Crippen LogP contribution in [0.1, 0.15) is 30.0 Å². The Hall–Kier alpha value is -1.62. The van der Waals surface area contributed by atoms with Gasteiger partial charge in [0, 0.05) is 30.0 Å². The molecule has 3 N–H and O–H groups in total. The van der Waals surface area contributed by atoms with E-state index in [0.717, 1.165) is 0 Å². The number of hydrogen-bond donors (Lipinski definition) is 2. The molecule has 17 heavy (non-hydrogen) atoms. The van der Waals surface area contributed by atoms with Gasteiger partial charge >= 0.3 is 5.97 Å². The standard InChI is InChI=1S/C12H14FNO3/c13-12-7(9(14)2-4-11(15)16)1-3-10-8(12)5-6-17-10/h1,3,9H,2,4-6,14H2,(H,15,16). The van der Waals surface area contributed by atoms with E-state index in [1.807, 2.05) is 0 Å². The van der Waals surface area contributed by atoms with E-state index in [1.54, 1.807) is 12.1 Å². The van der Waals surface area contributed by atoms with Crippen molar-refractivity contribution in [3.8, 4) is 5.75 Å². The molecule has 1 atom stereocenters. The van der Waals surface area contributed by atoms with Gasteiger partial charge in [-0.05, 0) is 12.5 Å². The molecule has 5 heteroatoms. The number of hydrogen-bond acceptors (Lipinski definition) is 3. The van der Waals surface area contributed by atoms with Gasteiger partial charge in [0.2, 0.25) is 0 Å². The fraction of sp³-hybridized carbons (Fsp3) is 0.417. The van der Waals surface area contributed by atoms with Crippen molar-refractivity contribution in [3.05, 3.63) is 29.1 Å². The quantitative estimate of drug-likeness (QED) is 0.837. The number of ether oxygens (including phenoxy) is 1. The van der Waals surface area contributed by atoms with Crippen molar-refractivity contribution in [1.82, 2.24) is 0 Å². The molecule has 0 amide bonds. The lowest BCUT2D eigenvalue weighted by molar-refractivity contribution is -0.137. The van der Waals surface area contributed by atoms with Crippen LogP contribution >= 0.6 is 0 Å². The number of nitrogens with two attached hydrogens (primary N) is 1. The summed E-state index contributed by atoms with van der Waals surface area (Å²) in [7, 11) is 0. The predicted octanol–water partition coefficient (Wildman–Crippen LogP) is 1.63. The van der Waals surface area contributed by atoms with Gasteiger partial charge in [-0.25, -0.2) is 4.39 Å². The molecule has 92 valence electrons. The molecular formula is C12H14FNO3. The maximum Gasteiger partial charge on any atom is 0.303 e. The average Bonchev–Trinajstić information content (AvgIpc) is 2.75. The Labute approximate surface area is 98.2 Å². The minimum Gasteiger partial charge on any atom is -0.493 e. The third-order valence-electron chi connectivity index (χ3n) is 2.91. The second-order valence-corrected chi connectivity index (χ2v) is 4.08. The zero-order valence-electron chi connectivity index (χ0n) is 9.28. The van der Waals surface area contributed by atoms with E-state index in [1.165, 1.54) is 0 Å². The molecule has 1 heterocycles. The molecule has 0 saturated heterocycles. The van der Waals surface area contributed by atoms with E-state index in [9.17, 15) is 9.18 Å². The smallest absolute Gasteiger partial charge is 0.303 e. The Morgan fingerprint density at radius 2 is 2.35 bits per heavy atom. The van der Waals surface area contributed by atoms with Crippen LogP contribution in [0.2, 0.25) is 0 Å². The molecule has 1 aromatic rings. The number of benzene rings is 1. The molecule has 2 rings (SSSR count). The molecule has 1 aliphatic rings. The summed E-state index contributed by atoms with van der Waals surface area (Å²) in [5.74, 6) is -0.708. The normalized spacial score (nSPS) is 15.2. The van der Waals surface area contributed by atoms with Gasteiger partial charge in [-0.3, -0.25) is 4.79 Å². The first-order valence-electron chi connectivity index (χ1n) is 5.51. The number of fused-ring (bicyclic) bond motifs is 1. The van der Waals surface area contributed by atoms with Gasteiger partial charge in [0.1, 0.15) is 11.6 Å². The maximum atomic E-state index is 14.0. The Kier molecular flexibility index (Phi) is 3.28. The van der Waals surface area contributed by atoms with Crippen LogP contribution in [-0.2, 0) is 11.2 Å². The number of carboxylic acid groups (broad SMARTS) is 1. The third-order valence-corrected chi connectivity index (χ3v) is 2.91. The van der Waals surface area contributed by atoms with Gasteiger partial charge in [-0.1, -0.05) is 6.07 Å². The Balaban J connectivity index is 2.18. The summed E-state index contributed by atoms with van der Waals surface area (Å²) in [6, 6.07) is 2.69. The zero-order chi connectivity index (χ0) is 12.4. The highest BCUT2D eigenvalue weighted by molar-refractivity contribution is 5.66. The first-order chi connectivity index (χ1) is 8.09. The summed E-state index contributed by atoms with van der Waals surface area (Å²) < 4.78 is 19.3. The largest absolute Gasteiger partial charge is 0.493 e. The van der Waals surface area contributed by atoms with E-state index < -0.39 is 12.0 Å². The summed E-state index contributed by atoms with van der Waals surface area (Å²) in [6.45, 7) is 0.486. The van der Waals surface area contributed by atoms with E-state index >= 15 is 0 Å². The topological polar surface area (TPSA) is 72.6 Å². The first kappa shape index (κ1) is 11.9. The average molecular weight is 239 g/mol. The molecule has 0 fully saturated rings. The van der Waals surface area contributed by atoms with E-state index in [4.69, 9.17) is 15.6 Å². The monoisotopic (exact) mass is 239 g/mol. The van der Waals surface area contributed by atoms with Crippen LogP contribution in [0.15, 0.2) is 12.1 Å². The van der Waals surface area contributed by atoms with Crippen LogP contribution in [0.3, 0.4) is 0 Å². The van der Waals surface area contributed by atoms with Crippen molar-refractivity contribution in [2.24, 2.45) is 5.73 Å². The van der Waals surface area contributed by atoms with Gasteiger partial charge in [0.15, 0.2) is 0 Å². The van der Waals surface area contributed by atoms with E-state index in [0.29, 0.717) is 29.9 Å². The van der Waals surface area contributed by atoms with Gasteiger partial charge in [-0.15, -0.1) is 0 Å². The van der Waals surface area contributed by atoms with Gasteiger partial charge in [-0.2, -0.15) is 0 Å². The Morgan fingerprint density at radius 3 is 3.06 bits per heavy atom. The zero-order valence-corrected chi connectivity index (χ0v) is 9.28. The van der Waals surface area contributed by atoms with Crippen molar-refractivity contribution < 1.29 is 19.0 Å². The highest BCUT2D eigenvalue weighted by atomic mass is 19.1. The number of carboxylic acids is 1. The fourth-order valence-electron chi connectivity index (χ4n) is 1.97. The maximum absolute atomic E-state index is 14.0. The molecule has 0 bridgehead atoms. The summed E-state index contributed by atoms with van der Waals surface area (Å²) >= 11 is 0. The molecule has 4 nitrogen and oxygen atoms in total. The second kappa shape index (κ2) is 4.71. The third kappa shape index (κ3) is 2.39. The number of aliphatic carboxylic acids is 1. The number of carbonyl (C=O) groups is 1. The van der Waals surface area contributed by atoms with Gasteiger partial charge < -0.3 is 15.6 Å². The molecule has 0 spiro atoms. The summed E-state index contributed by atoms with van der Waals surface area (Å²) in [4.78, 5) is 10.4.